The van der Waals surface area contributed by atoms with Gasteiger partial charge in [0.1, 0.15) is 11.6 Å². The van der Waals surface area contributed by atoms with Crippen LogP contribution >= 0.6 is 0 Å². The number of aryl methyl sites for hydroxylation is 1. The Balaban J connectivity index is 2.71. The van der Waals surface area contributed by atoms with Crippen LogP contribution in [0.4, 0.5) is 4.79 Å². The first-order valence-electron chi connectivity index (χ1n) is 10.6. The predicted molar refractivity (Wildman–Crippen MR) is 118 cm³/mol. The Kier molecular flexibility index (Phi) is 9.82. The highest BCUT2D eigenvalue weighted by Gasteiger charge is 2.26. The molecule has 2 atom stereocenters. The summed E-state index contributed by atoms with van der Waals surface area (Å²) in [4.78, 5) is 37.3. The van der Waals surface area contributed by atoms with E-state index in [0.717, 1.165) is 12.0 Å². The summed E-state index contributed by atoms with van der Waals surface area (Å²) < 4.78 is 5.27. The molecule has 7 heteroatoms. The van der Waals surface area contributed by atoms with Crippen molar-refractivity contribution in [3.05, 3.63) is 35.4 Å². The van der Waals surface area contributed by atoms with Gasteiger partial charge in [0.25, 0.3) is 5.91 Å². The molecule has 0 aliphatic heterocycles. The normalized spacial score (nSPS) is 13.3. The minimum atomic E-state index is -0.695. The van der Waals surface area contributed by atoms with Gasteiger partial charge in [0.15, 0.2) is 0 Å². The SMILES string of the molecule is CCCC(NC(=O)OC(C)(C)C)C(=O)N[C@H](CNC(=O)c1ccc(C)cc1)C(C)C. The largest absolute Gasteiger partial charge is 0.444 e. The third-order valence-corrected chi connectivity index (χ3v) is 4.51. The van der Waals surface area contributed by atoms with Gasteiger partial charge in [-0.15, -0.1) is 0 Å². The fraction of sp³-hybridized carbons (Fsp3) is 0.609. The molecule has 0 fully saturated rings. The van der Waals surface area contributed by atoms with E-state index < -0.39 is 17.7 Å². The molecule has 3 amide bonds. The molecule has 168 valence electrons. The molecular formula is C23H37N3O4. The first kappa shape index (κ1) is 25.5. The van der Waals surface area contributed by atoms with Crippen LogP contribution in [-0.4, -0.2) is 42.1 Å². The number of rotatable bonds is 9. The molecule has 7 nitrogen and oxygen atoms in total. The molecule has 0 heterocycles. The third kappa shape index (κ3) is 9.29. The molecule has 30 heavy (non-hydrogen) atoms. The van der Waals surface area contributed by atoms with Gasteiger partial charge in [0.2, 0.25) is 5.91 Å². The Morgan fingerprint density at radius 3 is 2.13 bits per heavy atom. The number of hydrogen-bond donors (Lipinski definition) is 3. The van der Waals surface area contributed by atoms with E-state index in [2.05, 4.69) is 16.0 Å². The van der Waals surface area contributed by atoms with Gasteiger partial charge in [-0.25, -0.2) is 4.79 Å². The summed E-state index contributed by atoms with van der Waals surface area (Å²) in [7, 11) is 0. The van der Waals surface area contributed by atoms with E-state index in [1.54, 1.807) is 32.9 Å². The van der Waals surface area contributed by atoms with Crippen LogP contribution < -0.4 is 16.0 Å². The number of carbonyl (C=O) groups excluding carboxylic acids is 3. The number of alkyl carbamates (subject to hydrolysis) is 1. The lowest BCUT2D eigenvalue weighted by molar-refractivity contribution is -0.124. The number of hydrogen-bond acceptors (Lipinski definition) is 4. The van der Waals surface area contributed by atoms with Crippen molar-refractivity contribution in [1.82, 2.24) is 16.0 Å². The van der Waals surface area contributed by atoms with Crippen LogP contribution in [0.5, 0.6) is 0 Å². The molecule has 0 bridgehead atoms. The molecule has 0 saturated heterocycles. The van der Waals surface area contributed by atoms with E-state index in [0.29, 0.717) is 18.5 Å². The van der Waals surface area contributed by atoms with Gasteiger partial charge in [-0.3, -0.25) is 9.59 Å². The van der Waals surface area contributed by atoms with Gasteiger partial charge in [-0.2, -0.15) is 0 Å². The van der Waals surface area contributed by atoms with Crippen LogP contribution in [0.2, 0.25) is 0 Å². The summed E-state index contributed by atoms with van der Waals surface area (Å²) in [5.41, 5.74) is 1.01. The second-order valence-electron chi connectivity index (χ2n) is 8.92. The molecule has 0 spiro atoms. The minimum Gasteiger partial charge on any atom is -0.444 e. The lowest BCUT2D eigenvalue weighted by Gasteiger charge is -2.27. The van der Waals surface area contributed by atoms with Gasteiger partial charge in [0, 0.05) is 18.2 Å². The smallest absolute Gasteiger partial charge is 0.408 e. The minimum absolute atomic E-state index is 0.0936. The molecule has 1 aromatic rings. The molecule has 1 unspecified atom stereocenters. The number of ether oxygens (including phenoxy) is 1. The molecule has 0 aromatic heterocycles. The summed E-state index contributed by atoms with van der Waals surface area (Å²) in [6.45, 7) is 13.5. The Morgan fingerprint density at radius 2 is 1.63 bits per heavy atom. The van der Waals surface area contributed by atoms with E-state index in [1.165, 1.54) is 0 Å². The molecule has 0 aliphatic rings. The maximum Gasteiger partial charge on any atom is 0.408 e. The lowest BCUT2D eigenvalue weighted by Crippen LogP contribution is -2.54. The van der Waals surface area contributed by atoms with E-state index in [9.17, 15) is 14.4 Å². The molecule has 1 rings (SSSR count). The molecule has 3 N–H and O–H groups in total. The second-order valence-corrected chi connectivity index (χ2v) is 8.92. The van der Waals surface area contributed by atoms with E-state index in [1.807, 2.05) is 39.8 Å². The van der Waals surface area contributed by atoms with Gasteiger partial charge in [-0.1, -0.05) is 44.9 Å². The molecular weight excluding hydrogens is 382 g/mol. The zero-order valence-electron chi connectivity index (χ0n) is 19.3. The number of carbonyl (C=O) groups is 3. The fourth-order valence-electron chi connectivity index (χ4n) is 2.75. The van der Waals surface area contributed by atoms with Crippen molar-refractivity contribution >= 4 is 17.9 Å². The monoisotopic (exact) mass is 419 g/mol. The van der Waals surface area contributed by atoms with Gasteiger partial charge in [0.05, 0.1) is 0 Å². The average molecular weight is 420 g/mol. The highest BCUT2D eigenvalue weighted by atomic mass is 16.6. The highest BCUT2D eigenvalue weighted by Crippen LogP contribution is 2.09. The molecule has 1 aromatic carbocycles. The van der Waals surface area contributed by atoms with Gasteiger partial charge < -0.3 is 20.7 Å². The van der Waals surface area contributed by atoms with Crippen molar-refractivity contribution in [2.75, 3.05) is 6.54 Å². The first-order valence-corrected chi connectivity index (χ1v) is 10.6. The Bertz CT molecular complexity index is 708. The Hall–Kier alpha value is -2.57. The zero-order valence-corrected chi connectivity index (χ0v) is 19.3. The van der Waals surface area contributed by atoms with Crippen LogP contribution in [-0.2, 0) is 9.53 Å². The summed E-state index contributed by atoms with van der Waals surface area (Å²) in [6.07, 6.45) is 0.598. The third-order valence-electron chi connectivity index (χ3n) is 4.51. The standard InChI is InChI=1S/C23H37N3O4/c1-8-9-18(26-22(29)30-23(5,6)7)21(28)25-19(15(2)3)14-24-20(27)17-12-10-16(4)11-13-17/h10-13,15,18-19H,8-9,14H2,1-7H3,(H,24,27)(H,25,28)(H,26,29)/t18?,19-/m1/s1. The van der Waals surface area contributed by atoms with E-state index in [-0.39, 0.29) is 23.8 Å². The average Bonchev–Trinajstić information content (AvgIpc) is 2.63. The second kappa shape index (κ2) is 11.6. The number of benzene rings is 1. The van der Waals surface area contributed by atoms with E-state index >= 15 is 0 Å². The van der Waals surface area contributed by atoms with Crippen LogP contribution in [0, 0.1) is 12.8 Å². The first-order chi connectivity index (χ1) is 13.9. The van der Waals surface area contributed by atoms with E-state index in [4.69, 9.17) is 4.74 Å². The Labute approximate surface area is 180 Å². The zero-order chi connectivity index (χ0) is 22.9. The quantitative estimate of drug-likeness (QED) is 0.570. The number of nitrogens with one attached hydrogen (secondary N) is 3. The maximum absolute atomic E-state index is 12.8. The predicted octanol–water partition coefficient (Wildman–Crippen LogP) is 3.56. The van der Waals surface area contributed by atoms with Crippen LogP contribution in [0.15, 0.2) is 24.3 Å². The maximum atomic E-state index is 12.8. The number of amides is 3. The van der Waals surface area contributed by atoms with Gasteiger partial charge >= 0.3 is 6.09 Å². The summed E-state index contributed by atoms with van der Waals surface area (Å²) in [6, 6.07) is 6.35. The lowest BCUT2D eigenvalue weighted by atomic mass is 10.0. The summed E-state index contributed by atoms with van der Waals surface area (Å²) in [5.74, 6) is -0.381. The van der Waals surface area contributed by atoms with Crippen LogP contribution in [0.25, 0.3) is 0 Å². The van der Waals surface area contributed by atoms with Crippen molar-refractivity contribution in [3.63, 3.8) is 0 Å². The summed E-state index contributed by atoms with van der Waals surface area (Å²) >= 11 is 0. The van der Waals surface area contributed by atoms with Crippen molar-refractivity contribution in [2.24, 2.45) is 5.92 Å². The van der Waals surface area contributed by atoms with Crippen molar-refractivity contribution < 1.29 is 19.1 Å². The van der Waals surface area contributed by atoms with Crippen molar-refractivity contribution in [2.45, 2.75) is 79.0 Å². The fourth-order valence-corrected chi connectivity index (χ4v) is 2.75. The van der Waals surface area contributed by atoms with Crippen molar-refractivity contribution in [3.8, 4) is 0 Å². The topological polar surface area (TPSA) is 96.5 Å². The summed E-state index contributed by atoms with van der Waals surface area (Å²) in [5, 5.41) is 8.50. The molecule has 0 aliphatic carbocycles. The molecule has 0 radical (unpaired) electrons. The highest BCUT2D eigenvalue weighted by molar-refractivity contribution is 5.94. The van der Waals surface area contributed by atoms with Crippen molar-refractivity contribution in [1.29, 1.82) is 0 Å². The Morgan fingerprint density at radius 1 is 1.03 bits per heavy atom. The van der Waals surface area contributed by atoms with Crippen LogP contribution in [0.3, 0.4) is 0 Å². The van der Waals surface area contributed by atoms with Gasteiger partial charge in [-0.05, 0) is 52.2 Å². The molecule has 0 saturated carbocycles. The van der Waals surface area contributed by atoms with Crippen LogP contribution in [0.1, 0.15) is 70.3 Å².